The summed E-state index contributed by atoms with van der Waals surface area (Å²) >= 11 is 0. The molecule has 16 heavy (non-hydrogen) atoms. The van der Waals surface area contributed by atoms with Gasteiger partial charge in [-0.1, -0.05) is 39.5 Å². The maximum Gasteiger partial charge on any atom is 0.0298 e. The van der Waals surface area contributed by atoms with Gasteiger partial charge in [0.2, 0.25) is 0 Å². The fourth-order valence-electron chi connectivity index (χ4n) is 2.09. The molecule has 0 aliphatic carbocycles. The maximum atomic E-state index is 6.22. The lowest BCUT2D eigenvalue weighted by Gasteiger charge is -2.19. The van der Waals surface area contributed by atoms with E-state index in [1.165, 1.54) is 31.2 Å². The molecule has 0 radical (unpaired) electrons. The molecule has 1 heterocycles. The number of hydrogen-bond acceptors (Lipinski definition) is 2. The predicted octanol–water partition coefficient (Wildman–Crippen LogP) is 3.69. The predicted molar refractivity (Wildman–Crippen MR) is 69.1 cm³/mol. The van der Waals surface area contributed by atoms with E-state index in [9.17, 15) is 0 Å². The van der Waals surface area contributed by atoms with Gasteiger partial charge in [0.05, 0.1) is 0 Å². The minimum Gasteiger partial charge on any atom is -0.324 e. The minimum absolute atomic E-state index is 0.171. The van der Waals surface area contributed by atoms with Crippen molar-refractivity contribution < 1.29 is 0 Å². The average Bonchev–Trinajstić information content (AvgIpc) is 2.35. The lowest BCUT2D eigenvalue weighted by atomic mass is 9.90. The summed E-state index contributed by atoms with van der Waals surface area (Å²) in [5, 5.41) is 0. The third-order valence-electron chi connectivity index (χ3n) is 3.26. The Bertz CT molecular complexity index is 271. The highest BCUT2D eigenvalue weighted by Gasteiger charge is 2.12. The normalized spacial score (nSPS) is 14.7. The number of aromatic nitrogens is 1. The number of rotatable bonds is 7. The zero-order valence-corrected chi connectivity index (χ0v) is 10.5. The summed E-state index contributed by atoms with van der Waals surface area (Å²) in [5.74, 6) is 0.767. The molecular formula is C14H24N2. The van der Waals surface area contributed by atoms with Crippen LogP contribution in [-0.2, 0) is 0 Å². The van der Waals surface area contributed by atoms with Gasteiger partial charge in [-0.25, -0.2) is 0 Å². The molecule has 90 valence electrons. The van der Waals surface area contributed by atoms with Crippen LogP contribution in [0, 0.1) is 5.92 Å². The topological polar surface area (TPSA) is 38.9 Å². The van der Waals surface area contributed by atoms with E-state index in [1.807, 2.05) is 24.5 Å². The molecule has 1 aromatic rings. The summed E-state index contributed by atoms with van der Waals surface area (Å²) < 4.78 is 0. The number of unbranched alkanes of at least 4 members (excludes halogenated alkanes) is 1. The van der Waals surface area contributed by atoms with E-state index >= 15 is 0 Å². The van der Waals surface area contributed by atoms with Crippen molar-refractivity contribution in [1.29, 1.82) is 0 Å². The highest BCUT2D eigenvalue weighted by atomic mass is 14.7. The van der Waals surface area contributed by atoms with Crippen LogP contribution in [0.2, 0.25) is 0 Å². The van der Waals surface area contributed by atoms with Gasteiger partial charge in [-0.2, -0.15) is 0 Å². The number of nitrogens with two attached hydrogens (primary N) is 1. The molecule has 2 unspecified atom stereocenters. The lowest BCUT2D eigenvalue weighted by Crippen LogP contribution is -2.15. The summed E-state index contributed by atoms with van der Waals surface area (Å²) in [6, 6.07) is 4.22. The minimum atomic E-state index is 0.171. The molecule has 0 aromatic carbocycles. The van der Waals surface area contributed by atoms with Gasteiger partial charge in [-0.05, 0) is 30.0 Å². The lowest BCUT2D eigenvalue weighted by molar-refractivity contribution is 0.388. The molecule has 2 nitrogen and oxygen atoms in total. The molecule has 0 fully saturated rings. The highest BCUT2D eigenvalue weighted by Crippen LogP contribution is 2.24. The largest absolute Gasteiger partial charge is 0.324 e. The smallest absolute Gasteiger partial charge is 0.0298 e. The first-order valence-corrected chi connectivity index (χ1v) is 6.43. The Balaban J connectivity index is 2.45. The van der Waals surface area contributed by atoms with Crippen molar-refractivity contribution in [3.05, 3.63) is 30.1 Å². The monoisotopic (exact) mass is 220 g/mol. The number of hydrogen-bond donors (Lipinski definition) is 1. The standard InChI is InChI=1S/C14H24N2/c1-3-5-6-12(4-2)11-14(15)13-7-9-16-10-8-13/h7-10,12,14H,3-6,11,15H2,1-2H3. The SMILES string of the molecule is CCCCC(CC)CC(N)c1ccncc1. The van der Waals surface area contributed by atoms with Crippen molar-refractivity contribution in [3.8, 4) is 0 Å². The fourth-order valence-corrected chi connectivity index (χ4v) is 2.09. The second kappa shape index (κ2) is 7.39. The van der Waals surface area contributed by atoms with E-state index in [0.29, 0.717) is 0 Å². The second-order valence-corrected chi connectivity index (χ2v) is 4.54. The summed E-state index contributed by atoms with van der Waals surface area (Å²) in [7, 11) is 0. The third kappa shape index (κ3) is 4.31. The van der Waals surface area contributed by atoms with Gasteiger partial charge in [0.25, 0.3) is 0 Å². The van der Waals surface area contributed by atoms with E-state index in [-0.39, 0.29) is 6.04 Å². The Morgan fingerprint density at radius 3 is 2.50 bits per heavy atom. The summed E-state index contributed by atoms with van der Waals surface area (Å²) in [5.41, 5.74) is 7.43. The number of nitrogens with zero attached hydrogens (tertiary/aromatic N) is 1. The van der Waals surface area contributed by atoms with Crippen LogP contribution in [0.25, 0.3) is 0 Å². The fraction of sp³-hybridized carbons (Fsp3) is 0.643. The van der Waals surface area contributed by atoms with Gasteiger partial charge in [-0.3, -0.25) is 4.98 Å². The van der Waals surface area contributed by atoms with Gasteiger partial charge in [0.15, 0.2) is 0 Å². The van der Waals surface area contributed by atoms with Crippen LogP contribution in [0.5, 0.6) is 0 Å². The Morgan fingerprint density at radius 2 is 1.94 bits per heavy atom. The van der Waals surface area contributed by atoms with Crippen LogP contribution in [0.3, 0.4) is 0 Å². The van der Waals surface area contributed by atoms with E-state index in [0.717, 1.165) is 12.3 Å². The molecule has 1 rings (SSSR count). The molecule has 0 aliphatic heterocycles. The summed E-state index contributed by atoms with van der Waals surface area (Å²) in [6.07, 6.45) is 9.89. The van der Waals surface area contributed by atoms with E-state index in [1.54, 1.807) is 0 Å². The molecule has 0 aliphatic rings. The van der Waals surface area contributed by atoms with Gasteiger partial charge < -0.3 is 5.73 Å². The molecule has 1 aromatic heterocycles. The van der Waals surface area contributed by atoms with Crippen molar-refractivity contribution >= 4 is 0 Å². The van der Waals surface area contributed by atoms with Gasteiger partial charge in [-0.15, -0.1) is 0 Å². The highest BCUT2D eigenvalue weighted by molar-refractivity contribution is 5.14. The van der Waals surface area contributed by atoms with Crippen molar-refractivity contribution in [3.63, 3.8) is 0 Å². The van der Waals surface area contributed by atoms with Gasteiger partial charge >= 0.3 is 0 Å². The van der Waals surface area contributed by atoms with Crippen LogP contribution >= 0.6 is 0 Å². The van der Waals surface area contributed by atoms with E-state index < -0.39 is 0 Å². The molecule has 2 atom stereocenters. The van der Waals surface area contributed by atoms with Gasteiger partial charge in [0.1, 0.15) is 0 Å². The van der Waals surface area contributed by atoms with Crippen LogP contribution in [0.1, 0.15) is 57.6 Å². The van der Waals surface area contributed by atoms with E-state index in [4.69, 9.17) is 5.73 Å². The molecule has 2 heteroatoms. The molecule has 0 spiro atoms. The molecular weight excluding hydrogens is 196 g/mol. The van der Waals surface area contributed by atoms with E-state index in [2.05, 4.69) is 18.8 Å². The molecule has 0 saturated carbocycles. The van der Waals surface area contributed by atoms with Crippen molar-refractivity contribution in [1.82, 2.24) is 4.98 Å². The third-order valence-corrected chi connectivity index (χ3v) is 3.26. The second-order valence-electron chi connectivity index (χ2n) is 4.54. The molecule has 0 amide bonds. The molecule has 2 N–H and O–H groups in total. The van der Waals surface area contributed by atoms with Crippen molar-refractivity contribution in [2.75, 3.05) is 0 Å². The summed E-state index contributed by atoms with van der Waals surface area (Å²) in [4.78, 5) is 4.02. The van der Waals surface area contributed by atoms with Crippen molar-refractivity contribution in [2.24, 2.45) is 11.7 Å². The average molecular weight is 220 g/mol. The summed E-state index contributed by atoms with van der Waals surface area (Å²) in [6.45, 7) is 4.51. The molecule has 0 saturated heterocycles. The first-order valence-electron chi connectivity index (χ1n) is 6.43. The van der Waals surface area contributed by atoms with Crippen LogP contribution in [0.4, 0.5) is 0 Å². The number of pyridine rings is 1. The zero-order valence-electron chi connectivity index (χ0n) is 10.5. The quantitative estimate of drug-likeness (QED) is 0.761. The Kier molecular flexibility index (Phi) is 6.09. The molecule has 0 bridgehead atoms. The van der Waals surface area contributed by atoms with Crippen LogP contribution in [0.15, 0.2) is 24.5 Å². The van der Waals surface area contributed by atoms with Crippen molar-refractivity contribution in [2.45, 2.75) is 52.0 Å². The first-order chi connectivity index (χ1) is 7.77. The Hall–Kier alpha value is -0.890. The van der Waals surface area contributed by atoms with Crippen LogP contribution < -0.4 is 5.73 Å². The first kappa shape index (κ1) is 13.2. The Morgan fingerprint density at radius 1 is 1.25 bits per heavy atom. The zero-order chi connectivity index (χ0) is 11.8. The van der Waals surface area contributed by atoms with Crippen LogP contribution in [-0.4, -0.2) is 4.98 Å². The maximum absolute atomic E-state index is 6.22. The van der Waals surface area contributed by atoms with Gasteiger partial charge in [0, 0.05) is 18.4 Å². The Labute approximate surface area is 99.3 Å².